The van der Waals surface area contributed by atoms with Gasteiger partial charge in [-0.2, -0.15) is 0 Å². The SMILES string of the molecule is CCOC(=O)c1c(NC(=O)CC(=O)C(Cl)(Cl)Cl)cc(Cl)nc1C. The predicted octanol–water partition coefficient (Wildman–Crippen LogP) is 3.49. The molecule has 0 spiro atoms. The molecule has 0 aromatic carbocycles. The molecule has 0 saturated carbocycles. The summed E-state index contributed by atoms with van der Waals surface area (Å²) in [7, 11) is 0. The van der Waals surface area contributed by atoms with E-state index < -0.39 is 27.9 Å². The van der Waals surface area contributed by atoms with E-state index in [4.69, 9.17) is 51.1 Å². The van der Waals surface area contributed by atoms with Crippen molar-refractivity contribution in [3.63, 3.8) is 0 Å². The number of aryl methyl sites for hydroxylation is 1. The van der Waals surface area contributed by atoms with Crippen molar-refractivity contribution in [1.82, 2.24) is 4.98 Å². The normalized spacial score (nSPS) is 11.0. The smallest absolute Gasteiger partial charge is 0.342 e. The van der Waals surface area contributed by atoms with Crippen LogP contribution in [0.1, 0.15) is 29.4 Å². The maximum Gasteiger partial charge on any atom is 0.342 e. The number of halogens is 4. The Kier molecular flexibility index (Phi) is 7.07. The largest absolute Gasteiger partial charge is 0.462 e. The number of carbonyl (C=O) groups is 3. The van der Waals surface area contributed by atoms with Gasteiger partial charge in [0.2, 0.25) is 9.70 Å². The Hall–Kier alpha value is -1.08. The van der Waals surface area contributed by atoms with Gasteiger partial charge in [-0.3, -0.25) is 9.59 Å². The van der Waals surface area contributed by atoms with Gasteiger partial charge in [0.25, 0.3) is 0 Å². The van der Waals surface area contributed by atoms with E-state index in [1.54, 1.807) is 6.92 Å². The van der Waals surface area contributed by atoms with E-state index in [-0.39, 0.29) is 28.7 Å². The highest BCUT2D eigenvalue weighted by atomic mass is 35.6. The summed E-state index contributed by atoms with van der Waals surface area (Å²) in [5, 5.41) is 2.43. The molecule has 0 aliphatic carbocycles. The van der Waals surface area contributed by atoms with Crippen LogP contribution in [0, 0.1) is 6.92 Å². The number of alkyl halides is 3. The first-order valence-electron chi connectivity index (χ1n) is 6.30. The van der Waals surface area contributed by atoms with Crippen LogP contribution in [0.3, 0.4) is 0 Å². The molecule has 0 saturated heterocycles. The van der Waals surface area contributed by atoms with E-state index in [2.05, 4.69) is 10.3 Å². The summed E-state index contributed by atoms with van der Waals surface area (Å²) in [6.45, 7) is 3.30. The van der Waals surface area contributed by atoms with E-state index >= 15 is 0 Å². The molecule has 1 N–H and O–H groups in total. The van der Waals surface area contributed by atoms with Crippen molar-refractivity contribution < 1.29 is 19.1 Å². The molecule has 10 heteroatoms. The molecular formula is C13H12Cl4N2O4. The molecule has 0 fully saturated rings. The first-order chi connectivity index (χ1) is 10.6. The molecular weight excluding hydrogens is 390 g/mol. The lowest BCUT2D eigenvalue weighted by Crippen LogP contribution is -2.26. The average molecular weight is 402 g/mol. The third-order valence-corrected chi connectivity index (χ3v) is 3.39. The molecule has 0 aliphatic rings. The minimum Gasteiger partial charge on any atom is -0.462 e. The van der Waals surface area contributed by atoms with Crippen molar-refractivity contribution >= 4 is 69.8 Å². The van der Waals surface area contributed by atoms with Crippen molar-refractivity contribution in [2.45, 2.75) is 24.1 Å². The molecule has 1 aromatic heterocycles. The second kappa shape index (κ2) is 8.15. The summed E-state index contributed by atoms with van der Waals surface area (Å²) in [6, 6.07) is 1.26. The number of aromatic nitrogens is 1. The van der Waals surface area contributed by atoms with Gasteiger partial charge in [0.1, 0.15) is 10.7 Å². The zero-order valence-electron chi connectivity index (χ0n) is 12.1. The highest BCUT2D eigenvalue weighted by molar-refractivity contribution is 6.76. The van der Waals surface area contributed by atoms with Crippen molar-refractivity contribution in [3.8, 4) is 0 Å². The topological polar surface area (TPSA) is 85.4 Å². The molecule has 23 heavy (non-hydrogen) atoms. The van der Waals surface area contributed by atoms with Gasteiger partial charge in [-0.15, -0.1) is 0 Å². The van der Waals surface area contributed by atoms with Crippen molar-refractivity contribution in [2.75, 3.05) is 11.9 Å². The van der Waals surface area contributed by atoms with E-state index in [0.717, 1.165) is 0 Å². The van der Waals surface area contributed by atoms with E-state index in [1.165, 1.54) is 13.0 Å². The fourth-order valence-corrected chi connectivity index (χ4v) is 2.07. The minimum atomic E-state index is -2.20. The molecule has 1 amide bonds. The van der Waals surface area contributed by atoms with Gasteiger partial charge in [-0.1, -0.05) is 46.4 Å². The molecule has 1 aromatic rings. The fourth-order valence-electron chi connectivity index (χ4n) is 1.63. The zero-order chi connectivity index (χ0) is 17.8. The highest BCUT2D eigenvalue weighted by Crippen LogP contribution is 2.29. The third-order valence-electron chi connectivity index (χ3n) is 2.56. The predicted molar refractivity (Wildman–Crippen MR) is 88.5 cm³/mol. The Morgan fingerprint density at radius 2 is 1.91 bits per heavy atom. The van der Waals surface area contributed by atoms with Crippen LogP contribution in [-0.2, 0) is 14.3 Å². The van der Waals surface area contributed by atoms with E-state index in [1.807, 2.05) is 0 Å². The number of nitrogens with zero attached hydrogens (tertiary/aromatic N) is 1. The number of anilines is 1. The van der Waals surface area contributed by atoms with Gasteiger partial charge in [-0.05, 0) is 19.9 Å². The lowest BCUT2D eigenvalue weighted by atomic mass is 10.1. The van der Waals surface area contributed by atoms with E-state index in [0.29, 0.717) is 0 Å². The standard InChI is InChI=1S/C13H12Cl4N2O4/c1-3-23-12(22)11-6(2)18-9(14)4-7(11)19-10(21)5-8(20)13(15,16)17/h4H,3,5H2,1-2H3,(H,18,19,21). The number of amides is 1. The maximum absolute atomic E-state index is 12.0. The van der Waals surface area contributed by atoms with Gasteiger partial charge in [0, 0.05) is 0 Å². The summed E-state index contributed by atoms with van der Waals surface area (Å²) in [5.74, 6) is -2.36. The first-order valence-corrected chi connectivity index (χ1v) is 7.81. The molecule has 0 bridgehead atoms. The van der Waals surface area contributed by atoms with Gasteiger partial charge >= 0.3 is 5.97 Å². The van der Waals surface area contributed by atoms with Gasteiger partial charge in [0.15, 0.2) is 5.78 Å². The lowest BCUT2D eigenvalue weighted by molar-refractivity contribution is -0.124. The van der Waals surface area contributed by atoms with Gasteiger partial charge in [-0.25, -0.2) is 9.78 Å². The maximum atomic E-state index is 12.0. The Morgan fingerprint density at radius 1 is 1.30 bits per heavy atom. The van der Waals surface area contributed by atoms with Crippen molar-refractivity contribution in [2.24, 2.45) is 0 Å². The number of hydrogen-bond donors (Lipinski definition) is 1. The molecule has 6 nitrogen and oxygen atoms in total. The van der Waals surface area contributed by atoms with Crippen LogP contribution in [0.25, 0.3) is 0 Å². The number of hydrogen-bond acceptors (Lipinski definition) is 5. The van der Waals surface area contributed by atoms with Crippen molar-refractivity contribution in [1.29, 1.82) is 0 Å². The number of ketones is 1. The first kappa shape index (κ1) is 20.0. The van der Waals surface area contributed by atoms with Crippen LogP contribution in [-0.4, -0.2) is 33.0 Å². The summed E-state index contributed by atoms with van der Waals surface area (Å²) in [4.78, 5) is 39.3. The summed E-state index contributed by atoms with van der Waals surface area (Å²) >= 11 is 22.0. The number of carbonyl (C=O) groups excluding carboxylic acids is 3. The molecule has 0 aliphatic heterocycles. The molecule has 0 radical (unpaired) electrons. The van der Waals surface area contributed by atoms with Crippen LogP contribution < -0.4 is 5.32 Å². The Labute approximate surface area is 152 Å². The van der Waals surface area contributed by atoms with Crippen LogP contribution in [0.4, 0.5) is 5.69 Å². The number of nitrogens with one attached hydrogen (secondary N) is 1. The third kappa shape index (κ3) is 5.80. The Morgan fingerprint density at radius 3 is 2.43 bits per heavy atom. The molecule has 126 valence electrons. The molecule has 1 rings (SSSR count). The number of pyridine rings is 1. The number of ether oxygens (including phenoxy) is 1. The number of Topliss-reactive ketones (excluding diaryl/α,β-unsaturated/α-hetero) is 1. The summed E-state index contributed by atoms with van der Waals surface area (Å²) in [6.07, 6.45) is -0.683. The number of esters is 1. The van der Waals surface area contributed by atoms with Gasteiger partial charge in [0.05, 0.1) is 24.4 Å². The monoisotopic (exact) mass is 400 g/mol. The van der Waals surface area contributed by atoms with Crippen LogP contribution in [0.2, 0.25) is 5.15 Å². The fraction of sp³-hybridized carbons (Fsp3) is 0.385. The van der Waals surface area contributed by atoms with E-state index in [9.17, 15) is 14.4 Å². The number of rotatable bonds is 5. The van der Waals surface area contributed by atoms with Crippen LogP contribution in [0.15, 0.2) is 6.07 Å². The molecule has 1 heterocycles. The van der Waals surface area contributed by atoms with Gasteiger partial charge < -0.3 is 10.1 Å². The second-order valence-corrected chi connectivity index (χ2v) is 6.99. The molecule has 0 atom stereocenters. The summed E-state index contributed by atoms with van der Waals surface area (Å²) < 4.78 is 2.70. The quantitative estimate of drug-likeness (QED) is 0.353. The Balaban J connectivity index is 3.05. The minimum absolute atomic E-state index is 0.0333. The Bertz CT molecular complexity index is 644. The average Bonchev–Trinajstić information content (AvgIpc) is 2.36. The lowest BCUT2D eigenvalue weighted by Gasteiger charge is -2.14. The second-order valence-electron chi connectivity index (χ2n) is 4.32. The highest BCUT2D eigenvalue weighted by Gasteiger charge is 2.32. The van der Waals surface area contributed by atoms with Crippen molar-refractivity contribution in [3.05, 3.63) is 22.5 Å². The van der Waals surface area contributed by atoms with Crippen LogP contribution in [0.5, 0.6) is 0 Å². The zero-order valence-corrected chi connectivity index (χ0v) is 15.1. The van der Waals surface area contributed by atoms with Crippen LogP contribution >= 0.6 is 46.4 Å². The molecule has 0 unspecified atom stereocenters. The summed E-state index contributed by atoms with van der Waals surface area (Å²) in [5.41, 5.74) is 0.355.